The molecule has 1 saturated heterocycles. The van der Waals surface area contributed by atoms with E-state index in [-0.39, 0.29) is 11.5 Å². The summed E-state index contributed by atoms with van der Waals surface area (Å²) in [5.74, 6) is -0.769. The minimum absolute atomic E-state index is 0.0103. The molecule has 4 atom stereocenters. The standard InChI is InChI=1S/C17H21N5O5/c1-16(2,3)15(25)26-6-10-12(23)13(24)17(7-18,27-10)11-5-4-9-14(19)20-8-21-22(9)11/h4-5,8,10,12-13,23-24H,6H2,1-3H3,(H2,19,20,21)/t10-,12-,13-,17+/m1/s1/i6D2. The van der Waals surface area contributed by atoms with Crippen molar-refractivity contribution in [3.05, 3.63) is 24.2 Å². The highest BCUT2D eigenvalue weighted by Gasteiger charge is 2.57. The number of nitrogens with two attached hydrogens (primary N) is 1. The quantitative estimate of drug-likeness (QED) is 0.613. The Balaban J connectivity index is 2.03. The number of ether oxygens (including phenoxy) is 2. The van der Waals surface area contributed by atoms with Crippen molar-refractivity contribution in [1.29, 1.82) is 5.26 Å². The normalized spacial score (nSPS) is 29.9. The average Bonchev–Trinajstić information content (AvgIpc) is 3.16. The number of rotatable bonds is 3. The molecule has 0 saturated carbocycles. The topological polar surface area (TPSA) is 156 Å². The first kappa shape index (κ1) is 16.4. The van der Waals surface area contributed by atoms with Gasteiger partial charge in [-0.2, -0.15) is 10.4 Å². The lowest BCUT2D eigenvalue weighted by Crippen LogP contribution is -2.41. The number of aromatic nitrogens is 3. The van der Waals surface area contributed by atoms with Crippen molar-refractivity contribution in [2.24, 2.45) is 5.41 Å². The molecule has 0 spiro atoms. The summed E-state index contributed by atoms with van der Waals surface area (Å²) in [4.78, 5) is 16.0. The van der Waals surface area contributed by atoms with Gasteiger partial charge in [-0.3, -0.25) is 4.79 Å². The predicted octanol–water partition coefficient (Wildman–Crippen LogP) is -0.260. The lowest BCUT2D eigenvalue weighted by molar-refractivity contribution is -0.159. The molecule has 2 aromatic heterocycles. The van der Waals surface area contributed by atoms with Crippen LogP contribution < -0.4 is 5.73 Å². The number of nitrogens with zero attached hydrogens (tertiary/aromatic N) is 4. The molecular weight excluding hydrogens is 354 g/mol. The molecule has 4 N–H and O–H groups in total. The van der Waals surface area contributed by atoms with Gasteiger partial charge in [0.05, 0.1) is 13.9 Å². The first-order valence-electron chi connectivity index (χ1n) is 9.12. The van der Waals surface area contributed by atoms with Gasteiger partial charge in [-0.05, 0) is 32.9 Å². The molecule has 3 rings (SSSR count). The van der Waals surface area contributed by atoms with Crippen LogP contribution in [0.1, 0.15) is 29.2 Å². The van der Waals surface area contributed by atoms with E-state index in [4.69, 9.17) is 17.9 Å². The Labute approximate surface area is 157 Å². The molecule has 3 heterocycles. The summed E-state index contributed by atoms with van der Waals surface area (Å²) < 4.78 is 27.9. The van der Waals surface area contributed by atoms with Crippen LogP contribution in [0.2, 0.25) is 0 Å². The molecule has 0 radical (unpaired) electrons. The fourth-order valence-corrected chi connectivity index (χ4v) is 2.70. The monoisotopic (exact) mass is 377 g/mol. The van der Waals surface area contributed by atoms with Crippen molar-refractivity contribution < 1.29 is 27.2 Å². The Morgan fingerprint density at radius 3 is 2.89 bits per heavy atom. The highest BCUT2D eigenvalue weighted by atomic mass is 16.6. The fraction of sp³-hybridized carbons (Fsp3) is 0.529. The number of hydrogen-bond acceptors (Lipinski definition) is 9. The van der Waals surface area contributed by atoms with Crippen LogP contribution in [0.4, 0.5) is 5.82 Å². The number of anilines is 1. The van der Waals surface area contributed by atoms with Crippen molar-refractivity contribution in [2.45, 2.75) is 44.7 Å². The number of aliphatic hydroxyl groups excluding tert-OH is 2. The lowest BCUT2D eigenvalue weighted by Gasteiger charge is -2.24. The molecule has 0 unspecified atom stereocenters. The Morgan fingerprint density at radius 1 is 1.56 bits per heavy atom. The number of hydrogen-bond donors (Lipinski definition) is 3. The van der Waals surface area contributed by atoms with E-state index in [1.807, 2.05) is 0 Å². The van der Waals surface area contributed by atoms with Crippen LogP contribution in [0.3, 0.4) is 0 Å². The smallest absolute Gasteiger partial charge is 0.311 e. The number of aliphatic hydroxyl groups is 2. The van der Waals surface area contributed by atoms with Crippen molar-refractivity contribution in [3.8, 4) is 6.07 Å². The number of fused-ring (bicyclic) bond motifs is 1. The van der Waals surface area contributed by atoms with Gasteiger partial charge in [-0.25, -0.2) is 9.50 Å². The maximum Gasteiger partial charge on any atom is 0.311 e. The second kappa shape index (κ2) is 6.45. The van der Waals surface area contributed by atoms with Crippen molar-refractivity contribution in [2.75, 3.05) is 12.3 Å². The van der Waals surface area contributed by atoms with Gasteiger partial charge in [0.15, 0.2) is 5.82 Å². The maximum atomic E-state index is 12.1. The maximum absolute atomic E-state index is 12.1. The first-order chi connectivity index (χ1) is 13.3. The van der Waals surface area contributed by atoms with Crippen LogP contribution in [-0.4, -0.2) is 55.7 Å². The summed E-state index contributed by atoms with van der Waals surface area (Å²) in [6.45, 7) is 1.76. The van der Waals surface area contributed by atoms with Gasteiger partial charge < -0.3 is 25.4 Å². The van der Waals surface area contributed by atoms with E-state index in [2.05, 4.69) is 10.1 Å². The van der Waals surface area contributed by atoms with E-state index in [0.29, 0.717) is 5.52 Å². The van der Waals surface area contributed by atoms with E-state index in [9.17, 15) is 20.3 Å². The third-order valence-corrected chi connectivity index (χ3v) is 4.27. The Bertz CT molecular complexity index is 998. The minimum atomic E-state index is -2.83. The third-order valence-electron chi connectivity index (χ3n) is 4.27. The van der Waals surface area contributed by atoms with Crippen molar-refractivity contribution >= 4 is 17.3 Å². The van der Waals surface area contributed by atoms with Crippen LogP contribution in [0.25, 0.3) is 5.52 Å². The molecular formula is C17H21N5O5. The van der Waals surface area contributed by atoms with Gasteiger partial charge in [0.1, 0.15) is 42.8 Å². The van der Waals surface area contributed by atoms with E-state index in [1.165, 1.54) is 37.4 Å². The molecule has 0 bridgehead atoms. The molecule has 1 fully saturated rings. The van der Waals surface area contributed by atoms with Crippen LogP contribution in [0, 0.1) is 16.7 Å². The van der Waals surface area contributed by atoms with Gasteiger partial charge in [-0.1, -0.05) is 0 Å². The van der Waals surface area contributed by atoms with Crippen LogP contribution >= 0.6 is 0 Å². The average molecular weight is 377 g/mol. The van der Waals surface area contributed by atoms with Crippen molar-refractivity contribution in [1.82, 2.24) is 14.6 Å². The van der Waals surface area contributed by atoms with Crippen molar-refractivity contribution in [3.63, 3.8) is 0 Å². The summed E-state index contributed by atoms with van der Waals surface area (Å²) in [6, 6.07) is 4.69. The zero-order valence-corrected chi connectivity index (χ0v) is 14.9. The number of esters is 1. The second-order valence-corrected chi connectivity index (χ2v) is 7.24. The van der Waals surface area contributed by atoms with Gasteiger partial charge in [-0.15, -0.1) is 0 Å². The van der Waals surface area contributed by atoms with E-state index >= 15 is 0 Å². The van der Waals surface area contributed by atoms with Gasteiger partial charge in [0.25, 0.3) is 0 Å². The molecule has 1 aliphatic heterocycles. The zero-order valence-electron chi connectivity index (χ0n) is 16.9. The Kier molecular flexibility index (Phi) is 3.93. The molecule has 2 aromatic rings. The summed E-state index contributed by atoms with van der Waals surface area (Å²) in [6.07, 6.45) is -4.44. The third kappa shape index (κ3) is 2.99. The molecule has 10 heteroatoms. The fourth-order valence-electron chi connectivity index (χ4n) is 2.70. The molecule has 10 nitrogen and oxygen atoms in total. The second-order valence-electron chi connectivity index (χ2n) is 7.24. The van der Waals surface area contributed by atoms with E-state index in [1.54, 1.807) is 6.07 Å². The zero-order chi connectivity index (χ0) is 21.8. The summed E-state index contributed by atoms with van der Waals surface area (Å²) in [5, 5.41) is 34.9. The highest BCUT2D eigenvalue weighted by Crippen LogP contribution is 2.40. The summed E-state index contributed by atoms with van der Waals surface area (Å²) in [7, 11) is 0. The number of carbonyl (C=O) groups is 1. The molecule has 0 amide bonds. The van der Waals surface area contributed by atoms with Crippen LogP contribution in [0.5, 0.6) is 0 Å². The summed E-state index contributed by atoms with van der Waals surface area (Å²) >= 11 is 0. The van der Waals surface area contributed by atoms with E-state index in [0.717, 1.165) is 6.33 Å². The SMILES string of the molecule is [2H]C([2H])(OC(=O)C(C)(C)C)[C@H]1O[C@@](C#N)(c2ccc3c(N)ncnn23)[C@H](O)[C@@H]1O. The van der Waals surface area contributed by atoms with Crippen LogP contribution in [-0.2, 0) is 19.9 Å². The highest BCUT2D eigenvalue weighted by molar-refractivity contribution is 5.75. The molecule has 0 aliphatic carbocycles. The largest absolute Gasteiger partial charge is 0.462 e. The molecule has 27 heavy (non-hydrogen) atoms. The number of nitriles is 1. The number of nitrogen functional groups attached to an aromatic ring is 1. The van der Waals surface area contributed by atoms with Gasteiger partial charge in [0.2, 0.25) is 5.60 Å². The van der Waals surface area contributed by atoms with Crippen LogP contribution in [0.15, 0.2) is 18.5 Å². The molecule has 144 valence electrons. The Hall–Kier alpha value is -2.74. The molecule has 0 aromatic carbocycles. The molecule has 1 aliphatic rings. The summed E-state index contributed by atoms with van der Waals surface area (Å²) in [5.41, 5.74) is 2.90. The number of carbonyl (C=O) groups excluding carboxylic acids is 1. The lowest BCUT2D eigenvalue weighted by atomic mass is 9.92. The van der Waals surface area contributed by atoms with E-state index < -0.39 is 41.9 Å². The minimum Gasteiger partial charge on any atom is -0.462 e. The van der Waals surface area contributed by atoms with Gasteiger partial charge >= 0.3 is 5.97 Å². The Morgan fingerprint density at radius 2 is 2.26 bits per heavy atom. The van der Waals surface area contributed by atoms with Gasteiger partial charge in [0, 0.05) is 0 Å². The predicted molar refractivity (Wildman–Crippen MR) is 92.0 cm³/mol. The first-order valence-corrected chi connectivity index (χ1v) is 8.12.